The quantitative estimate of drug-likeness (QED) is 0.622. The molecule has 5 heteroatoms. The van der Waals surface area contributed by atoms with Crippen molar-refractivity contribution in [3.63, 3.8) is 0 Å². The largest absolute Gasteiger partial charge is 0.397 e. The van der Waals surface area contributed by atoms with Gasteiger partial charge in [-0.05, 0) is 18.2 Å². The Morgan fingerprint density at radius 2 is 1.94 bits per heavy atom. The molecule has 1 aliphatic rings. The molecule has 2 rings (SSSR count). The second kappa shape index (κ2) is 3.92. The maximum Gasteiger partial charge on any atom is 0.203 e. The molecule has 0 radical (unpaired) electrons. The standard InChI is InChI=1S/C11H15FN2O2/c1-15-11(16-2)6-14(7-11)10-5-8(12)3-4-9(10)13/h3-5H,6-7,13H2,1-2H3. The number of nitrogens with two attached hydrogens (primary N) is 1. The van der Waals surface area contributed by atoms with E-state index in [2.05, 4.69) is 0 Å². The topological polar surface area (TPSA) is 47.7 Å². The molecule has 0 spiro atoms. The van der Waals surface area contributed by atoms with E-state index in [0.29, 0.717) is 24.5 Å². The summed E-state index contributed by atoms with van der Waals surface area (Å²) in [6, 6.07) is 4.33. The molecular weight excluding hydrogens is 211 g/mol. The molecule has 0 atom stereocenters. The molecule has 0 aromatic heterocycles. The third-order valence-electron chi connectivity index (χ3n) is 2.94. The van der Waals surface area contributed by atoms with Crippen LogP contribution in [-0.4, -0.2) is 33.1 Å². The third kappa shape index (κ3) is 1.72. The number of nitrogens with zero attached hydrogens (tertiary/aromatic N) is 1. The van der Waals surface area contributed by atoms with Crippen molar-refractivity contribution >= 4 is 11.4 Å². The number of ether oxygens (including phenoxy) is 2. The molecule has 0 bridgehead atoms. The zero-order valence-corrected chi connectivity index (χ0v) is 9.37. The van der Waals surface area contributed by atoms with Crippen LogP contribution in [-0.2, 0) is 9.47 Å². The lowest BCUT2D eigenvalue weighted by Crippen LogP contribution is -2.64. The van der Waals surface area contributed by atoms with Gasteiger partial charge in [0.25, 0.3) is 0 Å². The van der Waals surface area contributed by atoms with E-state index >= 15 is 0 Å². The van der Waals surface area contributed by atoms with E-state index in [9.17, 15) is 4.39 Å². The molecule has 1 fully saturated rings. The van der Waals surface area contributed by atoms with Crippen molar-refractivity contribution in [3.8, 4) is 0 Å². The van der Waals surface area contributed by atoms with Crippen molar-refractivity contribution in [2.24, 2.45) is 0 Å². The van der Waals surface area contributed by atoms with Gasteiger partial charge in [-0.2, -0.15) is 0 Å². The minimum absolute atomic E-state index is 0.295. The minimum atomic E-state index is -0.585. The summed E-state index contributed by atoms with van der Waals surface area (Å²) in [4.78, 5) is 1.92. The van der Waals surface area contributed by atoms with E-state index in [1.807, 2.05) is 4.90 Å². The van der Waals surface area contributed by atoms with Gasteiger partial charge in [0.2, 0.25) is 5.79 Å². The summed E-state index contributed by atoms with van der Waals surface area (Å²) in [7, 11) is 3.19. The van der Waals surface area contributed by atoms with Gasteiger partial charge in [-0.15, -0.1) is 0 Å². The molecule has 0 saturated carbocycles. The van der Waals surface area contributed by atoms with E-state index < -0.39 is 5.79 Å². The summed E-state index contributed by atoms with van der Waals surface area (Å²) in [5.74, 6) is -0.879. The number of benzene rings is 1. The maximum atomic E-state index is 13.1. The van der Waals surface area contributed by atoms with Crippen LogP contribution in [0.5, 0.6) is 0 Å². The van der Waals surface area contributed by atoms with E-state index in [1.165, 1.54) is 12.1 Å². The Kier molecular flexibility index (Phi) is 2.73. The van der Waals surface area contributed by atoms with E-state index in [1.54, 1.807) is 20.3 Å². The van der Waals surface area contributed by atoms with Crippen molar-refractivity contribution < 1.29 is 13.9 Å². The second-order valence-corrected chi connectivity index (χ2v) is 3.88. The predicted molar refractivity (Wildman–Crippen MR) is 59.8 cm³/mol. The average molecular weight is 226 g/mol. The molecule has 1 saturated heterocycles. The van der Waals surface area contributed by atoms with Crippen LogP contribution in [0.1, 0.15) is 0 Å². The normalized spacial score (nSPS) is 18.3. The van der Waals surface area contributed by atoms with Crippen LogP contribution in [0.2, 0.25) is 0 Å². The Balaban J connectivity index is 2.14. The van der Waals surface area contributed by atoms with Gasteiger partial charge in [-0.3, -0.25) is 0 Å². The SMILES string of the molecule is COC1(OC)CN(c2cc(F)ccc2N)C1. The zero-order valence-electron chi connectivity index (χ0n) is 9.37. The molecule has 1 heterocycles. The Bertz CT molecular complexity index is 386. The minimum Gasteiger partial charge on any atom is -0.397 e. The Morgan fingerprint density at radius 3 is 2.50 bits per heavy atom. The monoisotopic (exact) mass is 226 g/mol. The van der Waals surface area contributed by atoms with Crippen LogP contribution >= 0.6 is 0 Å². The lowest BCUT2D eigenvalue weighted by molar-refractivity contribution is -0.219. The highest BCUT2D eigenvalue weighted by molar-refractivity contribution is 5.69. The lowest BCUT2D eigenvalue weighted by atomic mass is 10.1. The van der Waals surface area contributed by atoms with Crippen molar-refractivity contribution in [2.75, 3.05) is 37.9 Å². The predicted octanol–water partition coefficient (Wildman–Crippen LogP) is 1.22. The van der Waals surface area contributed by atoms with Gasteiger partial charge >= 0.3 is 0 Å². The highest BCUT2D eigenvalue weighted by Crippen LogP contribution is 2.34. The number of hydrogen-bond acceptors (Lipinski definition) is 4. The fourth-order valence-corrected chi connectivity index (χ4v) is 1.84. The Morgan fingerprint density at radius 1 is 1.31 bits per heavy atom. The van der Waals surface area contributed by atoms with Crippen LogP contribution in [0.15, 0.2) is 18.2 Å². The summed E-state index contributed by atoms with van der Waals surface area (Å²) in [6.07, 6.45) is 0. The molecule has 2 N–H and O–H groups in total. The first kappa shape index (κ1) is 11.2. The van der Waals surface area contributed by atoms with Gasteiger partial charge in [-0.25, -0.2) is 4.39 Å². The van der Waals surface area contributed by atoms with Crippen LogP contribution in [0.3, 0.4) is 0 Å². The van der Waals surface area contributed by atoms with Gasteiger partial charge < -0.3 is 20.1 Å². The summed E-state index contributed by atoms with van der Waals surface area (Å²) in [5.41, 5.74) is 7.02. The molecule has 0 aliphatic carbocycles. The fourth-order valence-electron chi connectivity index (χ4n) is 1.84. The highest BCUT2D eigenvalue weighted by atomic mass is 19.1. The Hall–Kier alpha value is -1.33. The summed E-state index contributed by atoms with van der Waals surface area (Å²) >= 11 is 0. The first-order valence-corrected chi connectivity index (χ1v) is 5.00. The summed E-state index contributed by atoms with van der Waals surface area (Å²) in [5, 5.41) is 0. The number of nitrogen functional groups attached to an aromatic ring is 1. The van der Waals surface area contributed by atoms with Crippen LogP contribution < -0.4 is 10.6 Å². The molecule has 0 amide bonds. The number of hydrogen-bond donors (Lipinski definition) is 1. The van der Waals surface area contributed by atoms with Crippen LogP contribution in [0, 0.1) is 5.82 Å². The van der Waals surface area contributed by atoms with Gasteiger partial charge in [-0.1, -0.05) is 0 Å². The molecule has 4 nitrogen and oxygen atoms in total. The first-order chi connectivity index (χ1) is 7.60. The molecule has 1 aromatic rings. The highest BCUT2D eigenvalue weighted by Gasteiger charge is 2.44. The van der Waals surface area contributed by atoms with Crippen molar-refractivity contribution in [1.29, 1.82) is 0 Å². The van der Waals surface area contributed by atoms with Crippen molar-refractivity contribution in [3.05, 3.63) is 24.0 Å². The van der Waals surface area contributed by atoms with Crippen LogP contribution in [0.25, 0.3) is 0 Å². The van der Waals surface area contributed by atoms with Crippen molar-refractivity contribution in [1.82, 2.24) is 0 Å². The fraction of sp³-hybridized carbons (Fsp3) is 0.455. The Labute approximate surface area is 93.7 Å². The molecule has 88 valence electrons. The number of rotatable bonds is 3. The number of halogens is 1. The molecule has 1 aliphatic heterocycles. The van der Waals surface area contributed by atoms with Crippen LogP contribution in [0.4, 0.5) is 15.8 Å². The molecule has 1 aromatic carbocycles. The summed E-state index contributed by atoms with van der Waals surface area (Å²) < 4.78 is 23.6. The van der Waals surface area contributed by atoms with Gasteiger partial charge in [0, 0.05) is 14.2 Å². The van der Waals surface area contributed by atoms with Crippen molar-refractivity contribution in [2.45, 2.75) is 5.79 Å². The lowest BCUT2D eigenvalue weighted by Gasteiger charge is -2.49. The van der Waals surface area contributed by atoms with Gasteiger partial charge in [0.1, 0.15) is 5.82 Å². The summed E-state index contributed by atoms with van der Waals surface area (Å²) in [6.45, 7) is 1.10. The van der Waals surface area contributed by atoms with Gasteiger partial charge in [0.05, 0.1) is 24.5 Å². The number of methoxy groups -OCH3 is 2. The smallest absolute Gasteiger partial charge is 0.203 e. The van der Waals surface area contributed by atoms with E-state index in [0.717, 1.165) is 0 Å². The third-order valence-corrected chi connectivity index (χ3v) is 2.94. The molecule has 0 unspecified atom stereocenters. The zero-order chi connectivity index (χ0) is 11.8. The second-order valence-electron chi connectivity index (χ2n) is 3.88. The van der Waals surface area contributed by atoms with E-state index in [-0.39, 0.29) is 5.82 Å². The first-order valence-electron chi connectivity index (χ1n) is 5.00. The number of anilines is 2. The van der Waals surface area contributed by atoms with Gasteiger partial charge in [0.15, 0.2) is 0 Å². The average Bonchev–Trinajstić information content (AvgIpc) is 2.23. The van der Waals surface area contributed by atoms with E-state index in [4.69, 9.17) is 15.2 Å². The molecule has 16 heavy (non-hydrogen) atoms. The maximum absolute atomic E-state index is 13.1. The molecular formula is C11H15FN2O2.